The molecule has 3 rings (SSSR count). The lowest BCUT2D eigenvalue weighted by atomic mass is 10.1. The number of rotatable bonds is 3. The molecule has 23 heavy (non-hydrogen) atoms. The van der Waals surface area contributed by atoms with E-state index < -0.39 is 5.91 Å². The third-order valence-electron chi connectivity index (χ3n) is 4.20. The largest absolute Gasteiger partial charge is 0.491 e. The van der Waals surface area contributed by atoms with Crippen LogP contribution in [0.4, 0.5) is 5.69 Å². The maximum atomic E-state index is 11.6. The fourth-order valence-electron chi connectivity index (χ4n) is 2.87. The molecule has 120 valence electrons. The van der Waals surface area contributed by atoms with Gasteiger partial charge in [-0.25, -0.2) is 5.48 Å². The maximum absolute atomic E-state index is 11.6. The van der Waals surface area contributed by atoms with E-state index in [1.54, 1.807) is 17.6 Å². The number of hydroxylamine groups is 1. The number of nitrogens with zero attached hydrogens (tertiary/aromatic N) is 1. The Hall–Kier alpha value is -2.53. The van der Waals surface area contributed by atoms with Crippen LogP contribution in [-0.4, -0.2) is 23.8 Å². The van der Waals surface area contributed by atoms with Crippen molar-refractivity contribution >= 4 is 11.6 Å². The molecule has 1 atom stereocenters. The minimum Gasteiger partial charge on any atom is -0.491 e. The molecule has 0 aliphatic carbocycles. The Labute approximate surface area is 135 Å². The Morgan fingerprint density at radius 2 is 2.09 bits per heavy atom. The van der Waals surface area contributed by atoms with Crippen molar-refractivity contribution in [2.75, 3.05) is 11.5 Å². The zero-order valence-electron chi connectivity index (χ0n) is 13.0. The minimum atomic E-state index is -0.535. The average Bonchev–Trinajstić information content (AvgIpc) is 2.80. The van der Waals surface area contributed by atoms with Gasteiger partial charge in [0.15, 0.2) is 0 Å². The molecule has 1 unspecified atom stereocenters. The van der Waals surface area contributed by atoms with Crippen LogP contribution in [0.15, 0.2) is 48.5 Å². The molecule has 5 heteroatoms. The molecular formula is C18H20N2O3. The Kier molecular flexibility index (Phi) is 4.48. The molecule has 1 heterocycles. The highest BCUT2D eigenvalue weighted by Gasteiger charge is 2.24. The summed E-state index contributed by atoms with van der Waals surface area (Å²) in [6, 6.07) is 15.8. The molecule has 2 aromatic carbocycles. The number of carbonyl (C=O) groups is 1. The Balaban J connectivity index is 1.94. The SMILES string of the molecule is CCC1COc2cc(C(=O)NO)ccc2CN1c1ccccc1. The summed E-state index contributed by atoms with van der Waals surface area (Å²) >= 11 is 0. The van der Waals surface area contributed by atoms with Crippen molar-refractivity contribution in [3.63, 3.8) is 0 Å². The molecule has 0 fully saturated rings. The number of hydrogen-bond acceptors (Lipinski definition) is 4. The molecule has 0 spiro atoms. The van der Waals surface area contributed by atoms with Gasteiger partial charge >= 0.3 is 0 Å². The van der Waals surface area contributed by atoms with E-state index in [2.05, 4.69) is 24.0 Å². The average molecular weight is 312 g/mol. The van der Waals surface area contributed by atoms with E-state index in [1.807, 2.05) is 24.3 Å². The van der Waals surface area contributed by atoms with Crippen molar-refractivity contribution in [2.24, 2.45) is 0 Å². The molecule has 1 aliphatic heterocycles. The van der Waals surface area contributed by atoms with E-state index in [-0.39, 0.29) is 6.04 Å². The molecule has 1 amide bonds. The predicted molar refractivity (Wildman–Crippen MR) is 87.9 cm³/mol. The first kappa shape index (κ1) is 15.4. The number of hydrogen-bond donors (Lipinski definition) is 2. The summed E-state index contributed by atoms with van der Waals surface area (Å²) in [5.74, 6) is 0.163. The lowest BCUT2D eigenvalue weighted by Gasteiger charge is -2.30. The number of anilines is 1. The zero-order valence-corrected chi connectivity index (χ0v) is 13.0. The fraction of sp³-hybridized carbons (Fsp3) is 0.278. The van der Waals surface area contributed by atoms with Crippen molar-refractivity contribution in [1.29, 1.82) is 0 Å². The van der Waals surface area contributed by atoms with E-state index in [4.69, 9.17) is 9.94 Å². The molecule has 2 aromatic rings. The van der Waals surface area contributed by atoms with Crippen LogP contribution in [0.1, 0.15) is 29.3 Å². The first-order chi connectivity index (χ1) is 11.2. The van der Waals surface area contributed by atoms with E-state index >= 15 is 0 Å². The van der Waals surface area contributed by atoms with Gasteiger partial charge in [-0.05, 0) is 30.7 Å². The number of para-hydroxylation sites is 1. The number of benzene rings is 2. The lowest BCUT2D eigenvalue weighted by Crippen LogP contribution is -2.36. The van der Waals surface area contributed by atoms with Crippen LogP contribution in [0.5, 0.6) is 5.75 Å². The van der Waals surface area contributed by atoms with Gasteiger partial charge in [0, 0.05) is 23.4 Å². The molecule has 0 saturated carbocycles. The standard InChI is InChI=1S/C18H20N2O3/c1-2-15-12-23-17-10-13(18(21)19-22)8-9-14(17)11-20(15)16-6-4-3-5-7-16/h3-10,15,22H,2,11-12H2,1H3,(H,19,21). The molecule has 0 aromatic heterocycles. The summed E-state index contributed by atoms with van der Waals surface area (Å²) in [5.41, 5.74) is 4.22. The molecule has 5 nitrogen and oxygen atoms in total. The van der Waals surface area contributed by atoms with Gasteiger partial charge in [0.05, 0.1) is 6.04 Å². The van der Waals surface area contributed by atoms with Crippen LogP contribution in [0.2, 0.25) is 0 Å². The summed E-state index contributed by atoms with van der Waals surface area (Å²) in [7, 11) is 0. The Morgan fingerprint density at radius 3 is 2.78 bits per heavy atom. The lowest BCUT2D eigenvalue weighted by molar-refractivity contribution is 0.0706. The van der Waals surface area contributed by atoms with Crippen LogP contribution in [-0.2, 0) is 6.54 Å². The topological polar surface area (TPSA) is 61.8 Å². The highest BCUT2D eigenvalue weighted by molar-refractivity contribution is 5.93. The van der Waals surface area contributed by atoms with E-state index in [1.165, 1.54) is 0 Å². The molecule has 0 saturated heterocycles. The van der Waals surface area contributed by atoms with Crippen LogP contribution >= 0.6 is 0 Å². The van der Waals surface area contributed by atoms with Crippen LogP contribution in [0.25, 0.3) is 0 Å². The molecule has 2 N–H and O–H groups in total. The van der Waals surface area contributed by atoms with Crippen molar-refractivity contribution in [3.05, 3.63) is 59.7 Å². The molecular weight excluding hydrogens is 292 g/mol. The quantitative estimate of drug-likeness (QED) is 0.675. The van der Waals surface area contributed by atoms with Crippen molar-refractivity contribution < 1.29 is 14.7 Å². The van der Waals surface area contributed by atoms with Gasteiger partial charge in [-0.1, -0.05) is 31.2 Å². The Morgan fingerprint density at radius 1 is 1.30 bits per heavy atom. The van der Waals surface area contributed by atoms with E-state index in [9.17, 15) is 4.79 Å². The van der Waals surface area contributed by atoms with Crippen molar-refractivity contribution in [2.45, 2.75) is 25.9 Å². The second-order valence-corrected chi connectivity index (χ2v) is 5.60. The smallest absolute Gasteiger partial charge is 0.274 e. The molecule has 0 radical (unpaired) electrons. The summed E-state index contributed by atoms with van der Waals surface area (Å²) in [4.78, 5) is 13.9. The first-order valence-corrected chi connectivity index (χ1v) is 7.74. The fourth-order valence-corrected chi connectivity index (χ4v) is 2.87. The number of carbonyl (C=O) groups excluding carboxylic acids is 1. The van der Waals surface area contributed by atoms with Gasteiger partial charge in [0.2, 0.25) is 0 Å². The summed E-state index contributed by atoms with van der Waals surface area (Å²) in [6.07, 6.45) is 0.965. The van der Waals surface area contributed by atoms with E-state index in [0.29, 0.717) is 17.9 Å². The van der Waals surface area contributed by atoms with Gasteiger partial charge < -0.3 is 9.64 Å². The van der Waals surface area contributed by atoms with Crippen molar-refractivity contribution in [1.82, 2.24) is 5.48 Å². The normalized spacial score (nSPS) is 17.0. The number of fused-ring (bicyclic) bond motifs is 1. The highest BCUT2D eigenvalue weighted by atomic mass is 16.5. The molecule has 1 aliphatic rings. The highest BCUT2D eigenvalue weighted by Crippen LogP contribution is 2.30. The first-order valence-electron chi connectivity index (χ1n) is 7.74. The van der Waals surface area contributed by atoms with Crippen molar-refractivity contribution in [3.8, 4) is 5.75 Å². The summed E-state index contributed by atoms with van der Waals surface area (Å²) < 4.78 is 5.94. The maximum Gasteiger partial charge on any atom is 0.274 e. The number of ether oxygens (including phenoxy) is 1. The van der Waals surface area contributed by atoms with Gasteiger partial charge in [-0.3, -0.25) is 10.0 Å². The number of nitrogens with one attached hydrogen (secondary N) is 1. The van der Waals surface area contributed by atoms with Crippen LogP contribution < -0.4 is 15.1 Å². The van der Waals surface area contributed by atoms with E-state index in [0.717, 1.165) is 24.2 Å². The zero-order chi connectivity index (χ0) is 16.2. The van der Waals surface area contributed by atoms with Gasteiger partial charge in [0.25, 0.3) is 5.91 Å². The summed E-state index contributed by atoms with van der Waals surface area (Å²) in [6.45, 7) is 3.42. The Bertz CT molecular complexity index is 688. The second kappa shape index (κ2) is 6.71. The third kappa shape index (κ3) is 3.14. The third-order valence-corrected chi connectivity index (χ3v) is 4.20. The summed E-state index contributed by atoms with van der Waals surface area (Å²) in [5, 5.41) is 8.77. The van der Waals surface area contributed by atoms with Crippen LogP contribution in [0, 0.1) is 0 Å². The monoisotopic (exact) mass is 312 g/mol. The number of amides is 1. The predicted octanol–water partition coefficient (Wildman–Crippen LogP) is 2.98. The van der Waals surface area contributed by atoms with Gasteiger partial charge in [0.1, 0.15) is 12.4 Å². The van der Waals surface area contributed by atoms with Gasteiger partial charge in [-0.2, -0.15) is 0 Å². The second-order valence-electron chi connectivity index (χ2n) is 5.60. The molecule has 0 bridgehead atoms. The minimum absolute atomic E-state index is 0.264. The van der Waals surface area contributed by atoms with Crippen LogP contribution in [0.3, 0.4) is 0 Å². The van der Waals surface area contributed by atoms with Gasteiger partial charge in [-0.15, -0.1) is 0 Å².